The van der Waals surface area contributed by atoms with Gasteiger partial charge in [0.05, 0.1) is 5.75 Å². The Morgan fingerprint density at radius 3 is 2.30 bits per heavy atom. The van der Waals surface area contributed by atoms with Crippen LogP contribution in [0.4, 0.5) is 0 Å². The summed E-state index contributed by atoms with van der Waals surface area (Å²) in [6.45, 7) is 2.67. The van der Waals surface area contributed by atoms with Crippen LogP contribution in [0.25, 0.3) is 22.0 Å². The molecule has 0 aliphatic rings. The van der Waals surface area contributed by atoms with E-state index in [1.807, 2.05) is 67.7 Å². The van der Waals surface area contributed by atoms with Crippen molar-refractivity contribution >= 4 is 28.4 Å². The van der Waals surface area contributed by atoms with Crippen molar-refractivity contribution in [1.29, 1.82) is 0 Å². The Bertz CT molecular complexity index is 1180. The third-order valence-corrected chi connectivity index (χ3v) is 6.09. The van der Waals surface area contributed by atoms with Gasteiger partial charge in [-0.15, -0.1) is 10.2 Å². The van der Waals surface area contributed by atoms with Crippen molar-refractivity contribution in [2.24, 2.45) is 0 Å². The van der Waals surface area contributed by atoms with Gasteiger partial charge in [0, 0.05) is 29.9 Å². The number of thioether (sulfide) groups is 1. The molecule has 0 saturated heterocycles. The van der Waals surface area contributed by atoms with Crippen molar-refractivity contribution in [3.63, 3.8) is 0 Å². The predicted molar refractivity (Wildman–Crippen MR) is 123 cm³/mol. The predicted octanol–water partition coefficient (Wildman–Crippen LogP) is 5.36. The highest BCUT2D eigenvalue weighted by Crippen LogP contribution is 2.31. The van der Waals surface area contributed by atoms with Crippen molar-refractivity contribution in [3.8, 4) is 11.3 Å². The average molecular weight is 414 g/mol. The Morgan fingerprint density at radius 1 is 0.867 bits per heavy atom. The molecule has 0 N–H and O–H groups in total. The van der Waals surface area contributed by atoms with Crippen LogP contribution >= 0.6 is 11.8 Å². The number of aryl methyl sites for hydroxylation is 1. The molecule has 0 bridgehead atoms. The summed E-state index contributed by atoms with van der Waals surface area (Å²) in [5.74, 6) is 0.396. The highest BCUT2D eigenvalue weighted by Gasteiger charge is 2.15. The van der Waals surface area contributed by atoms with E-state index in [-0.39, 0.29) is 5.91 Å². The van der Waals surface area contributed by atoms with Crippen LogP contribution in [0.15, 0.2) is 83.9 Å². The van der Waals surface area contributed by atoms with Gasteiger partial charge in [-0.2, -0.15) is 0 Å². The van der Waals surface area contributed by atoms with E-state index in [9.17, 15) is 4.79 Å². The number of carbonyl (C=O) groups is 1. The summed E-state index contributed by atoms with van der Waals surface area (Å²) in [6, 6.07) is 26.3. The molecule has 1 heterocycles. The molecular weight excluding hydrogens is 390 g/mol. The molecule has 4 aromatic rings. The first-order valence-electron chi connectivity index (χ1n) is 9.85. The minimum absolute atomic E-state index is 0.0706. The highest BCUT2D eigenvalue weighted by atomic mass is 32.2. The summed E-state index contributed by atoms with van der Waals surface area (Å²) >= 11 is 1.44. The Labute approximate surface area is 181 Å². The molecule has 150 valence electrons. The van der Waals surface area contributed by atoms with Gasteiger partial charge >= 0.3 is 0 Å². The van der Waals surface area contributed by atoms with Crippen molar-refractivity contribution in [3.05, 3.63) is 90.0 Å². The summed E-state index contributed by atoms with van der Waals surface area (Å²) in [6.07, 6.45) is 0. The number of rotatable bonds is 6. The van der Waals surface area contributed by atoms with Crippen molar-refractivity contribution in [2.75, 3.05) is 12.8 Å². The lowest BCUT2D eigenvalue weighted by Crippen LogP contribution is -2.28. The molecular formula is C25H23N3OS. The molecule has 0 atom stereocenters. The standard InChI is InChI=1S/C25H23N3OS/c1-18-10-6-7-13-20(18)16-28(2)23(29)17-30-25-22-15-9-8-14-21(22)24(26-27-25)19-11-4-3-5-12-19/h3-15H,16-17H2,1-2H3. The normalized spacial score (nSPS) is 10.9. The highest BCUT2D eigenvalue weighted by molar-refractivity contribution is 8.00. The molecule has 4 nitrogen and oxygen atoms in total. The number of aromatic nitrogens is 2. The van der Waals surface area contributed by atoms with Gasteiger partial charge in [-0.25, -0.2) is 0 Å². The lowest BCUT2D eigenvalue weighted by molar-refractivity contribution is -0.127. The van der Waals surface area contributed by atoms with Gasteiger partial charge in [-0.05, 0) is 18.1 Å². The second-order valence-electron chi connectivity index (χ2n) is 7.23. The number of hydrogen-bond donors (Lipinski definition) is 0. The van der Waals surface area contributed by atoms with Gasteiger partial charge in [-0.1, -0.05) is 90.6 Å². The van der Waals surface area contributed by atoms with Crippen molar-refractivity contribution in [2.45, 2.75) is 18.5 Å². The SMILES string of the molecule is Cc1ccccc1CN(C)C(=O)CSc1nnc(-c2ccccc2)c2ccccc12. The van der Waals surface area contributed by atoms with E-state index in [0.29, 0.717) is 12.3 Å². The third-order valence-electron chi connectivity index (χ3n) is 5.13. The van der Waals surface area contributed by atoms with Gasteiger partial charge in [0.15, 0.2) is 0 Å². The summed E-state index contributed by atoms with van der Waals surface area (Å²) in [5.41, 5.74) is 4.25. The molecule has 0 radical (unpaired) electrons. The molecule has 0 unspecified atom stereocenters. The van der Waals surface area contributed by atoms with Gasteiger partial charge in [0.25, 0.3) is 0 Å². The lowest BCUT2D eigenvalue weighted by Gasteiger charge is -2.18. The van der Waals surface area contributed by atoms with Crippen LogP contribution in [-0.2, 0) is 11.3 Å². The average Bonchev–Trinajstić information content (AvgIpc) is 2.79. The first-order valence-corrected chi connectivity index (χ1v) is 10.8. The van der Waals surface area contributed by atoms with Gasteiger partial charge in [0.1, 0.15) is 10.7 Å². The van der Waals surface area contributed by atoms with E-state index in [1.165, 1.54) is 17.3 Å². The molecule has 0 spiro atoms. The molecule has 5 heteroatoms. The Hall–Kier alpha value is -3.18. The van der Waals surface area contributed by atoms with Crippen LogP contribution in [0.1, 0.15) is 11.1 Å². The van der Waals surface area contributed by atoms with Crippen LogP contribution < -0.4 is 0 Å². The monoisotopic (exact) mass is 413 g/mol. The fourth-order valence-electron chi connectivity index (χ4n) is 3.37. The number of benzene rings is 3. The van der Waals surface area contributed by atoms with E-state index < -0.39 is 0 Å². The van der Waals surface area contributed by atoms with Gasteiger partial charge < -0.3 is 4.90 Å². The number of fused-ring (bicyclic) bond motifs is 1. The minimum atomic E-state index is 0.0706. The van der Waals surface area contributed by atoms with Crippen molar-refractivity contribution < 1.29 is 4.79 Å². The van der Waals surface area contributed by atoms with Crippen LogP contribution in [-0.4, -0.2) is 33.8 Å². The molecule has 0 aliphatic heterocycles. The van der Waals surface area contributed by atoms with Crippen LogP contribution in [0, 0.1) is 6.92 Å². The summed E-state index contributed by atoms with van der Waals surface area (Å²) < 4.78 is 0. The second kappa shape index (κ2) is 9.09. The Kier molecular flexibility index (Phi) is 6.10. The summed E-state index contributed by atoms with van der Waals surface area (Å²) in [7, 11) is 1.84. The smallest absolute Gasteiger partial charge is 0.233 e. The number of carbonyl (C=O) groups excluding carboxylic acids is 1. The summed E-state index contributed by atoms with van der Waals surface area (Å²) in [5, 5.41) is 11.8. The molecule has 1 amide bonds. The van der Waals surface area contributed by atoms with E-state index in [4.69, 9.17) is 0 Å². The maximum absolute atomic E-state index is 12.7. The lowest BCUT2D eigenvalue weighted by atomic mass is 10.1. The quantitative estimate of drug-likeness (QED) is 0.400. The molecule has 0 aliphatic carbocycles. The molecule has 0 saturated carbocycles. The molecule has 0 fully saturated rings. The maximum Gasteiger partial charge on any atom is 0.233 e. The molecule has 4 rings (SSSR count). The maximum atomic E-state index is 12.7. The molecule has 1 aromatic heterocycles. The minimum Gasteiger partial charge on any atom is -0.341 e. The Balaban J connectivity index is 1.52. The topological polar surface area (TPSA) is 46.1 Å². The Morgan fingerprint density at radius 2 is 1.53 bits per heavy atom. The fraction of sp³-hybridized carbons (Fsp3) is 0.160. The zero-order valence-corrected chi connectivity index (χ0v) is 17.9. The van der Waals surface area contributed by atoms with Crippen molar-refractivity contribution in [1.82, 2.24) is 15.1 Å². The van der Waals surface area contributed by atoms with Gasteiger partial charge in [0.2, 0.25) is 5.91 Å². The van der Waals surface area contributed by atoms with Crippen LogP contribution in [0.3, 0.4) is 0 Å². The van der Waals surface area contributed by atoms with E-state index in [1.54, 1.807) is 4.90 Å². The largest absolute Gasteiger partial charge is 0.341 e. The molecule has 3 aromatic carbocycles. The summed E-state index contributed by atoms with van der Waals surface area (Å²) in [4.78, 5) is 14.5. The van der Waals surface area contributed by atoms with Crippen LogP contribution in [0.2, 0.25) is 0 Å². The van der Waals surface area contributed by atoms with Gasteiger partial charge in [-0.3, -0.25) is 4.79 Å². The zero-order valence-electron chi connectivity index (χ0n) is 17.1. The fourth-order valence-corrected chi connectivity index (χ4v) is 4.28. The first kappa shape index (κ1) is 20.1. The second-order valence-corrected chi connectivity index (χ2v) is 8.19. The molecule has 30 heavy (non-hydrogen) atoms. The van der Waals surface area contributed by atoms with Crippen LogP contribution in [0.5, 0.6) is 0 Å². The van der Waals surface area contributed by atoms with E-state index >= 15 is 0 Å². The zero-order chi connectivity index (χ0) is 20.9. The first-order chi connectivity index (χ1) is 14.6. The van der Waals surface area contributed by atoms with E-state index in [0.717, 1.165) is 32.6 Å². The third kappa shape index (κ3) is 4.36. The number of amides is 1. The number of nitrogens with zero attached hydrogens (tertiary/aromatic N) is 3. The van der Waals surface area contributed by atoms with E-state index in [2.05, 4.69) is 35.3 Å². The number of hydrogen-bond acceptors (Lipinski definition) is 4.